The minimum Gasteiger partial charge on any atom is -0.462 e. The molecule has 0 heterocycles. The Hall–Kier alpha value is -2.71. The summed E-state index contributed by atoms with van der Waals surface area (Å²) in [7, 11) is -1.97. The minimum atomic E-state index is -3.58. The number of hydrogen-bond acceptors (Lipinski definition) is 5. The predicted molar refractivity (Wildman–Crippen MR) is 114 cm³/mol. The van der Waals surface area contributed by atoms with Crippen molar-refractivity contribution in [3.63, 3.8) is 0 Å². The van der Waals surface area contributed by atoms with Crippen LogP contribution in [0.3, 0.4) is 0 Å². The van der Waals surface area contributed by atoms with Gasteiger partial charge >= 0.3 is 5.97 Å². The summed E-state index contributed by atoms with van der Waals surface area (Å²) in [6.45, 7) is 2.02. The van der Waals surface area contributed by atoms with Crippen LogP contribution in [-0.4, -0.2) is 44.3 Å². The molecule has 2 aromatic rings. The quantitative estimate of drug-likeness (QED) is 0.677. The molecule has 1 saturated carbocycles. The van der Waals surface area contributed by atoms with E-state index >= 15 is 0 Å². The van der Waals surface area contributed by atoms with Crippen molar-refractivity contribution in [3.05, 3.63) is 59.7 Å². The summed E-state index contributed by atoms with van der Waals surface area (Å²) in [5, 5.41) is 2.73. The number of nitrogens with one attached hydrogen (secondary N) is 1. The van der Waals surface area contributed by atoms with Crippen molar-refractivity contribution in [1.29, 1.82) is 0 Å². The average Bonchev–Trinajstić information content (AvgIpc) is 3.28. The van der Waals surface area contributed by atoms with E-state index in [2.05, 4.69) is 5.32 Å². The highest BCUT2D eigenvalue weighted by Crippen LogP contribution is 2.27. The van der Waals surface area contributed by atoms with Crippen molar-refractivity contribution in [1.82, 2.24) is 4.31 Å². The van der Waals surface area contributed by atoms with E-state index in [4.69, 9.17) is 4.74 Å². The monoisotopic (exact) mass is 430 g/mol. The Kier molecular flexibility index (Phi) is 6.89. The summed E-state index contributed by atoms with van der Waals surface area (Å²) in [6.07, 6.45) is 3.85. The van der Waals surface area contributed by atoms with Crippen LogP contribution in [0.2, 0.25) is 0 Å². The minimum absolute atomic E-state index is 0.0376. The van der Waals surface area contributed by atoms with Crippen LogP contribution in [0.25, 0.3) is 0 Å². The van der Waals surface area contributed by atoms with E-state index in [0.29, 0.717) is 23.4 Å². The lowest BCUT2D eigenvalue weighted by atomic mass is 10.2. The maximum Gasteiger partial charge on any atom is 0.338 e. The van der Waals surface area contributed by atoms with Gasteiger partial charge in [0.05, 0.1) is 17.1 Å². The van der Waals surface area contributed by atoms with Crippen LogP contribution >= 0.6 is 0 Å². The largest absolute Gasteiger partial charge is 0.462 e. The molecule has 0 aliphatic heterocycles. The van der Waals surface area contributed by atoms with E-state index in [-0.39, 0.29) is 16.8 Å². The van der Waals surface area contributed by atoms with E-state index < -0.39 is 16.0 Å². The average molecular weight is 431 g/mol. The van der Waals surface area contributed by atoms with Crippen molar-refractivity contribution < 1.29 is 22.7 Å². The fourth-order valence-electron chi connectivity index (χ4n) is 3.52. The van der Waals surface area contributed by atoms with Crippen LogP contribution in [0.5, 0.6) is 0 Å². The molecule has 1 aliphatic rings. The number of amides is 1. The molecule has 3 rings (SSSR count). The Morgan fingerprint density at radius 1 is 1.00 bits per heavy atom. The maximum atomic E-state index is 12.8. The Balaban J connectivity index is 1.67. The fraction of sp³-hybridized carbons (Fsp3) is 0.364. The zero-order valence-corrected chi connectivity index (χ0v) is 17.9. The summed E-state index contributed by atoms with van der Waals surface area (Å²) in [4.78, 5) is 24.3. The molecule has 0 bridgehead atoms. The van der Waals surface area contributed by atoms with Crippen molar-refractivity contribution in [2.45, 2.75) is 43.5 Å². The lowest BCUT2D eigenvalue weighted by Gasteiger charge is -2.23. The molecule has 30 heavy (non-hydrogen) atoms. The molecule has 1 amide bonds. The molecule has 0 atom stereocenters. The maximum absolute atomic E-state index is 12.8. The van der Waals surface area contributed by atoms with Gasteiger partial charge in [0.25, 0.3) is 5.91 Å². The second-order valence-electron chi connectivity index (χ2n) is 7.24. The first-order valence-corrected chi connectivity index (χ1v) is 11.4. The number of rotatable bonds is 7. The lowest BCUT2D eigenvalue weighted by Crippen LogP contribution is -2.35. The molecule has 1 fully saturated rings. The highest BCUT2D eigenvalue weighted by molar-refractivity contribution is 7.89. The highest BCUT2D eigenvalue weighted by Gasteiger charge is 2.30. The van der Waals surface area contributed by atoms with Crippen LogP contribution < -0.4 is 5.32 Å². The van der Waals surface area contributed by atoms with Gasteiger partial charge in [0, 0.05) is 24.3 Å². The van der Waals surface area contributed by atoms with Crippen molar-refractivity contribution in [2.24, 2.45) is 0 Å². The molecule has 1 N–H and O–H groups in total. The number of sulfonamides is 1. The third-order valence-electron chi connectivity index (χ3n) is 5.29. The van der Waals surface area contributed by atoms with Gasteiger partial charge in [0.1, 0.15) is 0 Å². The Bertz CT molecular complexity index is 995. The smallest absolute Gasteiger partial charge is 0.338 e. The fourth-order valence-corrected chi connectivity index (χ4v) is 4.93. The Morgan fingerprint density at radius 3 is 2.13 bits per heavy atom. The summed E-state index contributed by atoms with van der Waals surface area (Å²) < 4.78 is 32.0. The molecule has 1 aliphatic carbocycles. The molecular weight excluding hydrogens is 404 g/mol. The first-order chi connectivity index (χ1) is 14.3. The molecule has 0 unspecified atom stereocenters. The predicted octanol–water partition coefficient (Wildman–Crippen LogP) is 3.68. The van der Waals surface area contributed by atoms with Crippen LogP contribution in [0.15, 0.2) is 53.4 Å². The van der Waals surface area contributed by atoms with Gasteiger partial charge in [-0.25, -0.2) is 13.2 Å². The van der Waals surface area contributed by atoms with Gasteiger partial charge in [-0.3, -0.25) is 4.79 Å². The number of hydrogen-bond donors (Lipinski definition) is 1. The van der Waals surface area contributed by atoms with E-state index in [0.717, 1.165) is 25.7 Å². The summed E-state index contributed by atoms with van der Waals surface area (Å²) >= 11 is 0. The molecular formula is C22H26N2O5S. The topological polar surface area (TPSA) is 92.8 Å². The molecule has 7 nitrogen and oxygen atoms in total. The van der Waals surface area contributed by atoms with Gasteiger partial charge in [-0.1, -0.05) is 12.8 Å². The third-order valence-corrected chi connectivity index (χ3v) is 7.21. The number of esters is 1. The van der Waals surface area contributed by atoms with Crippen molar-refractivity contribution in [2.75, 3.05) is 19.0 Å². The number of nitrogens with zero attached hydrogens (tertiary/aromatic N) is 1. The van der Waals surface area contributed by atoms with Crippen LogP contribution in [0, 0.1) is 0 Å². The van der Waals surface area contributed by atoms with Gasteiger partial charge in [0.2, 0.25) is 10.0 Å². The second kappa shape index (κ2) is 9.40. The Labute approximate surface area is 177 Å². The van der Waals surface area contributed by atoms with Crippen molar-refractivity contribution in [3.8, 4) is 0 Å². The Morgan fingerprint density at radius 2 is 1.57 bits per heavy atom. The van der Waals surface area contributed by atoms with Gasteiger partial charge < -0.3 is 10.1 Å². The number of ether oxygens (including phenoxy) is 1. The zero-order valence-electron chi connectivity index (χ0n) is 17.1. The van der Waals surface area contributed by atoms with Crippen LogP contribution in [0.1, 0.15) is 53.3 Å². The van der Waals surface area contributed by atoms with Crippen LogP contribution in [-0.2, 0) is 14.8 Å². The number of anilines is 1. The van der Waals surface area contributed by atoms with E-state index in [1.165, 1.54) is 28.6 Å². The third kappa shape index (κ3) is 4.88. The molecule has 0 saturated heterocycles. The standard InChI is InChI=1S/C22H26N2O5S/c1-3-29-22(26)17-8-12-18(13-9-17)23-21(25)16-10-14-20(15-11-16)30(27,28)24(2)19-6-4-5-7-19/h8-15,19H,3-7H2,1-2H3,(H,23,25). The first kappa shape index (κ1) is 22.0. The molecule has 0 aromatic heterocycles. The number of carbonyl (C=O) groups excluding carboxylic acids is 2. The zero-order chi connectivity index (χ0) is 21.7. The summed E-state index contributed by atoms with van der Waals surface area (Å²) in [5.41, 5.74) is 1.26. The molecule has 2 aromatic carbocycles. The SMILES string of the molecule is CCOC(=O)c1ccc(NC(=O)c2ccc(S(=O)(=O)N(C)C3CCCC3)cc2)cc1. The van der Waals surface area contributed by atoms with Gasteiger partial charge in [-0.2, -0.15) is 4.31 Å². The lowest BCUT2D eigenvalue weighted by molar-refractivity contribution is 0.0526. The first-order valence-electron chi connectivity index (χ1n) is 9.99. The van der Waals surface area contributed by atoms with Crippen LogP contribution in [0.4, 0.5) is 5.69 Å². The van der Waals surface area contributed by atoms with Gasteiger partial charge in [-0.05, 0) is 68.3 Å². The number of benzene rings is 2. The van der Waals surface area contributed by atoms with Gasteiger partial charge in [0.15, 0.2) is 0 Å². The molecule has 0 radical (unpaired) electrons. The van der Waals surface area contributed by atoms with E-state index in [1.807, 2.05) is 0 Å². The van der Waals surface area contributed by atoms with Crippen molar-refractivity contribution >= 4 is 27.6 Å². The molecule has 8 heteroatoms. The summed E-state index contributed by atoms with van der Waals surface area (Å²) in [5.74, 6) is -0.790. The molecule has 160 valence electrons. The van der Waals surface area contributed by atoms with E-state index in [1.54, 1.807) is 38.2 Å². The van der Waals surface area contributed by atoms with Gasteiger partial charge in [-0.15, -0.1) is 0 Å². The van der Waals surface area contributed by atoms with E-state index in [9.17, 15) is 18.0 Å². The molecule has 0 spiro atoms. The second-order valence-corrected chi connectivity index (χ2v) is 9.23. The normalized spacial score (nSPS) is 14.6. The summed E-state index contributed by atoms with van der Waals surface area (Å²) in [6, 6.07) is 12.3. The highest BCUT2D eigenvalue weighted by atomic mass is 32.2. The number of carbonyl (C=O) groups is 2.